The molecule has 0 saturated carbocycles. The maximum atomic E-state index is 9.34. The van der Waals surface area contributed by atoms with Crippen molar-refractivity contribution >= 4 is 6.47 Å². The highest BCUT2D eigenvalue weighted by Crippen LogP contribution is 1.56. The van der Waals surface area contributed by atoms with Crippen LogP contribution < -0.4 is 5.48 Å². The second-order valence-corrected chi connectivity index (χ2v) is 0.791. The van der Waals surface area contributed by atoms with Gasteiger partial charge in [-0.15, -0.1) is 5.48 Å². The summed E-state index contributed by atoms with van der Waals surface area (Å²) in [6.45, 7) is 0.512. The third kappa shape index (κ3) is 5.39. The Morgan fingerprint density at radius 1 is 1.86 bits per heavy atom. The fraction of sp³-hybridized carbons (Fsp3) is 0.667. The van der Waals surface area contributed by atoms with Gasteiger partial charge in [0.2, 0.25) is 0 Å². The molecule has 0 aliphatic rings. The molecule has 0 fully saturated rings. The van der Waals surface area contributed by atoms with Gasteiger partial charge in [0.15, 0.2) is 0 Å². The summed E-state index contributed by atoms with van der Waals surface area (Å²) in [6, 6.07) is 0. The minimum atomic E-state index is 0.221. The van der Waals surface area contributed by atoms with Crippen molar-refractivity contribution in [1.29, 1.82) is 0 Å². The largest absolute Gasteiger partial charge is 0.371 e. The predicted octanol–water partition coefficient (Wildman–Crippen LogP) is -0.732. The lowest BCUT2D eigenvalue weighted by Gasteiger charge is -1.94. The third-order valence-corrected chi connectivity index (χ3v) is 0.335. The van der Waals surface area contributed by atoms with Crippen LogP contribution in [0.4, 0.5) is 0 Å². The number of hydrogen-bond donors (Lipinski definition) is 1. The van der Waals surface area contributed by atoms with E-state index in [0.29, 0.717) is 6.47 Å². The Morgan fingerprint density at radius 3 is 3.00 bits per heavy atom. The first-order valence-corrected chi connectivity index (χ1v) is 1.73. The van der Waals surface area contributed by atoms with Gasteiger partial charge in [-0.3, -0.25) is 4.79 Å². The number of hydroxylamine groups is 1. The molecule has 0 aliphatic carbocycles. The van der Waals surface area contributed by atoms with Crippen LogP contribution in [0.5, 0.6) is 0 Å². The second-order valence-electron chi connectivity index (χ2n) is 0.791. The summed E-state index contributed by atoms with van der Waals surface area (Å²) in [5, 5.41) is 0. The van der Waals surface area contributed by atoms with E-state index in [1.807, 2.05) is 0 Å². The van der Waals surface area contributed by atoms with Gasteiger partial charge in [0, 0.05) is 7.11 Å². The third-order valence-electron chi connectivity index (χ3n) is 0.335. The normalized spacial score (nSPS) is 8.14. The molecule has 0 bridgehead atoms. The Hall–Kier alpha value is -0.610. The van der Waals surface area contributed by atoms with E-state index >= 15 is 0 Å². The standard InChI is InChI=1S/C3H7NO3/c1-6-2-4-7-3-5/h3-4H,2H2,1H3. The number of carbonyl (C=O) groups is 1. The number of hydrogen-bond acceptors (Lipinski definition) is 4. The smallest absolute Gasteiger partial charge is 0.312 e. The molecule has 0 aromatic carbocycles. The predicted molar refractivity (Wildman–Crippen MR) is 22.2 cm³/mol. The van der Waals surface area contributed by atoms with Gasteiger partial charge in [0.25, 0.3) is 0 Å². The first kappa shape index (κ1) is 6.39. The van der Waals surface area contributed by atoms with E-state index in [4.69, 9.17) is 0 Å². The van der Waals surface area contributed by atoms with Crippen molar-refractivity contribution in [3.8, 4) is 0 Å². The van der Waals surface area contributed by atoms with E-state index in [1.54, 1.807) is 0 Å². The molecule has 0 aromatic heterocycles. The van der Waals surface area contributed by atoms with E-state index < -0.39 is 0 Å². The lowest BCUT2D eigenvalue weighted by Crippen LogP contribution is -2.15. The number of methoxy groups -OCH3 is 1. The number of carbonyl (C=O) groups excluding carboxylic acids is 1. The molecule has 0 unspecified atom stereocenters. The average Bonchev–Trinajstić information content (AvgIpc) is 1.69. The van der Waals surface area contributed by atoms with Gasteiger partial charge in [0.05, 0.1) is 0 Å². The molecule has 4 nitrogen and oxygen atoms in total. The highest BCUT2D eigenvalue weighted by molar-refractivity contribution is 5.36. The second kappa shape index (κ2) is 5.39. The van der Waals surface area contributed by atoms with Crippen LogP contribution in [0, 0.1) is 0 Å². The molecule has 0 radical (unpaired) electrons. The fourth-order valence-electron chi connectivity index (χ4n) is 0.127. The lowest BCUT2D eigenvalue weighted by atomic mass is 11.3. The average molecular weight is 105 g/mol. The molecule has 7 heavy (non-hydrogen) atoms. The molecule has 0 atom stereocenters. The van der Waals surface area contributed by atoms with Gasteiger partial charge < -0.3 is 9.57 Å². The SMILES string of the molecule is COCNOC=O. The van der Waals surface area contributed by atoms with Crippen LogP contribution in [-0.2, 0) is 14.4 Å². The number of nitrogens with one attached hydrogen (secondary N) is 1. The molecule has 4 heteroatoms. The Kier molecular flexibility index (Phi) is 4.92. The van der Waals surface area contributed by atoms with Gasteiger partial charge in [0.1, 0.15) is 6.73 Å². The first-order valence-electron chi connectivity index (χ1n) is 1.73. The molecule has 0 amide bonds. The van der Waals surface area contributed by atoms with E-state index in [9.17, 15) is 4.79 Å². The monoisotopic (exact) mass is 105 g/mol. The summed E-state index contributed by atoms with van der Waals surface area (Å²) in [5.74, 6) is 0. The summed E-state index contributed by atoms with van der Waals surface area (Å²) in [7, 11) is 1.49. The summed E-state index contributed by atoms with van der Waals surface area (Å²) in [6.07, 6.45) is 0. The van der Waals surface area contributed by atoms with Crippen LogP contribution >= 0.6 is 0 Å². The van der Waals surface area contributed by atoms with Gasteiger partial charge >= 0.3 is 6.47 Å². The Balaban J connectivity index is 2.56. The van der Waals surface area contributed by atoms with E-state index in [-0.39, 0.29) is 6.73 Å². The van der Waals surface area contributed by atoms with Gasteiger partial charge in [-0.1, -0.05) is 0 Å². The zero-order chi connectivity index (χ0) is 5.54. The molecular formula is C3H7NO3. The summed E-state index contributed by atoms with van der Waals surface area (Å²) >= 11 is 0. The van der Waals surface area contributed by atoms with Crippen molar-refractivity contribution < 1.29 is 14.4 Å². The zero-order valence-electron chi connectivity index (χ0n) is 4.01. The molecule has 42 valence electrons. The molecule has 0 heterocycles. The van der Waals surface area contributed by atoms with Crippen LogP contribution in [-0.4, -0.2) is 20.3 Å². The Morgan fingerprint density at radius 2 is 2.57 bits per heavy atom. The topological polar surface area (TPSA) is 47.6 Å². The van der Waals surface area contributed by atoms with Crippen LogP contribution in [0.25, 0.3) is 0 Å². The molecule has 0 spiro atoms. The van der Waals surface area contributed by atoms with Crippen molar-refractivity contribution in [2.24, 2.45) is 0 Å². The Labute approximate surface area is 41.4 Å². The maximum Gasteiger partial charge on any atom is 0.312 e. The van der Waals surface area contributed by atoms with Crippen LogP contribution in [0.15, 0.2) is 0 Å². The maximum absolute atomic E-state index is 9.34. The molecule has 0 rings (SSSR count). The molecular weight excluding hydrogens is 98.0 g/mol. The Bertz CT molecular complexity index is 47.4. The molecule has 0 aliphatic heterocycles. The molecule has 0 saturated heterocycles. The van der Waals surface area contributed by atoms with E-state index in [0.717, 1.165) is 0 Å². The van der Waals surface area contributed by atoms with E-state index in [2.05, 4.69) is 15.1 Å². The van der Waals surface area contributed by atoms with Crippen molar-refractivity contribution in [3.63, 3.8) is 0 Å². The van der Waals surface area contributed by atoms with Gasteiger partial charge in [-0.25, -0.2) is 0 Å². The quantitative estimate of drug-likeness (QED) is 0.221. The summed E-state index contributed by atoms with van der Waals surface area (Å²) < 4.78 is 4.45. The van der Waals surface area contributed by atoms with Crippen LogP contribution in [0.2, 0.25) is 0 Å². The van der Waals surface area contributed by atoms with Crippen molar-refractivity contribution in [2.75, 3.05) is 13.8 Å². The van der Waals surface area contributed by atoms with Crippen molar-refractivity contribution in [1.82, 2.24) is 5.48 Å². The first-order chi connectivity index (χ1) is 3.41. The van der Waals surface area contributed by atoms with E-state index in [1.165, 1.54) is 7.11 Å². The van der Waals surface area contributed by atoms with Crippen molar-refractivity contribution in [2.45, 2.75) is 0 Å². The lowest BCUT2D eigenvalue weighted by molar-refractivity contribution is -0.138. The number of rotatable bonds is 4. The summed E-state index contributed by atoms with van der Waals surface area (Å²) in [5.41, 5.74) is 2.19. The van der Waals surface area contributed by atoms with Crippen LogP contribution in [0.1, 0.15) is 0 Å². The van der Waals surface area contributed by atoms with Gasteiger partial charge in [-0.2, -0.15) is 0 Å². The van der Waals surface area contributed by atoms with Crippen molar-refractivity contribution in [3.05, 3.63) is 0 Å². The highest BCUT2D eigenvalue weighted by atomic mass is 16.7. The highest BCUT2D eigenvalue weighted by Gasteiger charge is 1.74. The number of ether oxygens (including phenoxy) is 1. The fourth-order valence-corrected chi connectivity index (χ4v) is 0.127. The minimum Gasteiger partial charge on any atom is -0.371 e. The minimum absolute atomic E-state index is 0.221. The molecule has 1 N–H and O–H groups in total. The molecule has 0 aromatic rings. The van der Waals surface area contributed by atoms with Gasteiger partial charge in [-0.05, 0) is 0 Å². The zero-order valence-corrected chi connectivity index (χ0v) is 4.01. The summed E-state index contributed by atoms with van der Waals surface area (Å²) in [4.78, 5) is 13.4. The van der Waals surface area contributed by atoms with Crippen LogP contribution in [0.3, 0.4) is 0 Å².